The third-order valence-corrected chi connectivity index (χ3v) is 3.82. The van der Waals surface area contributed by atoms with Crippen molar-refractivity contribution in [2.75, 3.05) is 7.11 Å². The second kappa shape index (κ2) is 6.65. The van der Waals surface area contributed by atoms with Crippen LogP contribution in [-0.4, -0.2) is 18.1 Å². The molecular formula is C14H19N3OS. The number of ether oxygens (including phenoxy) is 1. The number of aromatic nitrogens is 1. The maximum atomic E-state index is 5.63. The summed E-state index contributed by atoms with van der Waals surface area (Å²) in [7, 11) is 1.67. The van der Waals surface area contributed by atoms with Gasteiger partial charge in [0.25, 0.3) is 0 Å². The molecule has 1 unspecified atom stereocenters. The molecule has 102 valence electrons. The lowest BCUT2D eigenvalue weighted by molar-refractivity contribution is 0.414. The summed E-state index contributed by atoms with van der Waals surface area (Å²) in [5, 5.41) is 3.18. The highest BCUT2D eigenvalue weighted by Crippen LogP contribution is 2.15. The normalized spacial score (nSPS) is 12.4. The van der Waals surface area contributed by atoms with Crippen molar-refractivity contribution in [3.05, 3.63) is 45.9 Å². The van der Waals surface area contributed by atoms with E-state index in [4.69, 9.17) is 10.6 Å². The van der Waals surface area contributed by atoms with Gasteiger partial charge in [0, 0.05) is 17.8 Å². The number of nitrogens with zero attached hydrogens (tertiary/aromatic N) is 1. The minimum Gasteiger partial charge on any atom is -0.497 e. The Hall–Kier alpha value is -1.43. The monoisotopic (exact) mass is 277 g/mol. The zero-order chi connectivity index (χ0) is 13.7. The Morgan fingerprint density at radius 1 is 1.32 bits per heavy atom. The molecule has 0 spiro atoms. The highest BCUT2D eigenvalue weighted by Gasteiger charge is 2.11. The molecule has 0 saturated heterocycles. The second-order valence-corrected chi connectivity index (χ2v) is 5.54. The number of hydrogen-bond acceptors (Lipinski definition) is 5. The maximum absolute atomic E-state index is 5.63. The van der Waals surface area contributed by atoms with Gasteiger partial charge in [-0.25, -0.2) is 4.98 Å². The van der Waals surface area contributed by atoms with E-state index < -0.39 is 0 Å². The molecule has 0 saturated carbocycles. The van der Waals surface area contributed by atoms with Crippen LogP contribution in [0.3, 0.4) is 0 Å². The van der Waals surface area contributed by atoms with E-state index in [0.717, 1.165) is 29.3 Å². The Balaban J connectivity index is 1.97. The van der Waals surface area contributed by atoms with E-state index in [1.54, 1.807) is 18.4 Å². The Kier molecular flexibility index (Phi) is 4.90. The molecule has 2 rings (SSSR count). The molecule has 0 radical (unpaired) electrons. The first kappa shape index (κ1) is 14.0. The summed E-state index contributed by atoms with van der Waals surface area (Å²) in [6.07, 6.45) is 1.71. The van der Waals surface area contributed by atoms with Crippen LogP contribution in [0.25, 0.3) is 0 Å². The molecule has 1 heterocycles. The second-order valence-electron chi connectivity index (χ2n) is 4.48. The number of hydrogen-bond donors (Lipinski definition) is 2. The summed E-state index contributed by atoms with van der Waals surface area (Å²) >= 11 is 1.67. The van der Waals surface area contributed by atoms with Gasteiger partial charge in [-0.1, -0.05) is 12.1 Å². The maximum Gasteiger partial charge on any atom is 0.118 e. The molecule has 3 N–H and O–H groups in total. The van der Waals surface area contributed by atoms with Gasteiger partial charge in [-0.2, -0.15) is 0 Å². The first-order valence-corrected chi connectivity index (χ1v) is 7.09. The smallest absolute Gasteiger partial charge is 0.118 e. The molecular weight excluding hydrogens is 258 g/mol. The molecule has 1 atom stereocenters. The van der Waals surface area contributed by atoms with Crippen molar-refractivity contribution < 1.29 is 4.74 Å². The topological polar surface area (TPSA) is 60.2 Å². The fourth-order valence-corrected chi connectivity index (χ4v) is 2.62. The number of benzene rings is 1. The van der Waals surface area contributed by atoms with Crippen molar-refractivity contribution in [1.29, 1.82) is 0 Å². The molecule has 4 nitrogen and oxygen atoms in total. The molecule has 0 aliphatic carbocycles. The first-order valence-electron chi connectivity index (χ1n) is 6.21. The van der Waals surface area contributed by atoms with Crippen LogP contribution in [0.1, 0.15) is 16.3 Å². The molecule has 0 amide bonds. The van der Waals surface area contributed by atoms with Crippen molar-refractivity contribution in [2.24, 2.45) is 5.84 Å². The van der Waals surface area contributed by atoms with E-state index >= 15 is 0 Å². The van der Waals surface area contributed by atoms with Crippen LogP contribution < -0.4 is 16.0 Å². The molecule has 0 aliphatic rings. The number of nitrogens with one attached hydrogen (secondary N) is 1. The predicted octanol–water partition coefficient (Wildman–Crippen LogP) is 2.08. The van der Waals surface area contributed by atoms with E-state index in [1.165, 1.54) is 5.56 Å². The van der Waals surface area contributed by atoms with Crippen molar-refractivity contribution in [2.45, 2.75) is 25.8 Å². The number of rotatable bonds is 6. The highest BCUT2D eigenvalue weighted by molar-refractivity contribution is 7.09. The van der Waals surface area contributed by atoms with Crippen LogP contribution >= 0.6 is 11.3 Å². The SMILES string of the molecule is COc1ccc(CC(Cc2csc(C)n2)NN)cc1. The molecule has 0 aliphatic heterocycles. The zero-order valence-electron chi connectivity index (χ0n) is 11.2. The lowest BCUT2D eigenvalue weighted by atomic mass is 10.0. The summed E-state index contributed by atoms with van der Waals surface area (Å²) in [6.45, 7) is 2.02. The third kappa shape index (κ3) is 4.02. The van der Waals surface area contributed by atoms with Crippen LogP contribution in [-0.2, 0) is 12.8 Å². The Morgan fingerprint density at radius 2 is 2.05 bits per heavy atom. The highest BCUT2D eigenvalue weighted by atomic mass is 32.1. The van der Waals surface area contributed by atoms with Crippen LogP contribution in [0.15, 0.2) is 29.6 Å². The van der Waals surface area contributed by atoms with Gasteiger partial charge < -0.3 is 4.74 Å². The largest absolute Gasteiger partial charge is 0.497 e. The average Bonchev–Trinajstić information content (AvgIpc) is 2.84. The van der Waals surface area contributed by atoms with Gasteiger partial charge in [-0.3, -0.25) is 11.3 Å². The predicted molar refractivity (Wildman–Crippen MR) is 78.4 cm³/mol. The Morgan fingerprint density at radius 3 is 2.58 bits per heavy atom. The summed E-state index contributed by atoms with van der Waals surface area (Å²) in [5.41, 5.74) is 5.20. The summed E-state index contributed by atoms with van der Waals surface area (Å²) in [6, 6.07) is 8.26. The van der Waals surface area contributed by atoms with Crippen LogP contribution in [0, 0.1) is 6.92 Å². The van der Waals surface area contributed by atoms with Crippen LogP contribution in [0.4, 0.5) is 0 Å². The number of methoxy groups -OCH3 is 1. The molecule has 5 heteroatoms. The minimum absolute atomic E-state index is 0.190. The lowest BCUT2D eigenvalue weighted by Crippen LogP contribution is -2.38. The average molecular weight is 277 g/mol. The van der Waals surface area contributed by atoms with Crippen LogP contribution in [0.5, 0.6) is 5.75 Å². The van der Waals surface area contributed by atoms with Gasteiger partial charge in [0.1, 0.15) is 5.75 Å². The Bertz CT molecular complexity index is 510. The Labute approximate surface area is 117 Å². The van der Waals surface area contributed by atoms with Gasteiger partial charge >= 0.3 is 0 Å². The van der Waals surface area contributed by atoms with Crippen molar-refractivity contribution in [1.82, 2.24) is 10.4 Å². The summed E-state index contributed by atoms with van der Waals surface area (Å²) < 4.78 is 5.15. The van der Waals surface area contributed by atoms with E-state index in [0.29, 0.717) is 0 Å². The van der Waals surface area contributed by atoms with E-state index in [-0.39, 0.29) is 6.04 Å². The third-order valence-electron chi connectivity index (χ3n) is 3.00. The molecule has 1 aromatic heterocycles. The summed E-state index contributed by atoms with van der Waals surface area (Å²) in [5.74, 6) is 6.50. The minimum atomic E-state index is 0.190. The molecule has 19 heavy (non-hydrogen) atoms. The lowest BCUT2D eigenvalue weighted by Gasteiger charge is -2.15. The van der Waals surface area contributed by atoms with Gasteiger partial charge in [-0.05, 0) is 31.0 Å². The van der Waals surface area contributed by atoms with E-state index in [1.807, 2.05) is 19.1 Å². The molecule has 2 aromatic rings. The quantitative estimate of drug-likeness (QED) is 0.627. The zero-order valence-corrected chi connectivity index (χ0v) is 12.0. The van der Waals surface area contributed by atoms with Crippen molar-refractivity contribution in [3.63, 3.8) is 0 Å². The fourth-order valence-electron chi connectivity index (χ4n) is 1.99. The van der Waals surface area contributed by atoms with Gasteiger partial charge in [-0.15, -0.1) is 11.3 Å². The fraction of sp³-hybridized carbons (Fsp3) is 0.357. The van der Waals surface area contributed by atoms with Crippen LogP contribution in [0.2, 0.25) is 0 Å². The van der Waals surface area contributed by atoms with Crippen molar-refractivity contribution in [3.8, 4) is 5.75 Å². The number of hydrazine groups is 1. The first-order chi connectivity index (χ1) is 9.21. The van der Waals surface area contributed by atoms with Gasteiger partial charge in [0.15, 0.2) is 0 Å². The molecule has 0 bridgehead atoms. The molecule has 0 fully saturated rings. The van der Waals surface area contributed by atoms with E-state index in [9.17, 15) is 0 Å². The number of aryl methyl sites for hydroxylation is 1. The molecule has 1 aromatic carbocycles. The van der Waals surface area contributed by atoms with Crippen molar-refractivity contribution >= 4 is 11.3 Å². The number of thiazole rings is 1. The standard InChI is InChI=1S/C14H19N3OS/c1-10-16-13(9-19-10)8-12(17-15)7-11-3-5-14(18-2)6-4-11/h3-6,9,12,17H,7-8,15H2,1-2H3. The van der Waals surface area contributed by atoms with E-state index in [2.05, 4.69) is 27.9 Å². The van der Waals surface area contributed by atoms with Gasteiger partial charge in [0.05, 0.1) is 17.8 Å². The summed E-state index contributed by atoms with van der Waals surface area (Å²) in [4.78, 5) is 4.47. The number of nitrogens with two attached hydrogens (primary N) is 1. The van der Waals surface area contributed by atoms with Gasteiger partial charge in [0.2, 0.25) is 0 Å².